The summed E-state index contributed by atoms with van der Waals surface area (Å²) in [5.74, 6) is -0.573. The van der Waals surface area contributed by atoms with Gasteiger partial charge in [0.25, 0.3) is 0 Å². The summed E-state index contributed by atoms with van der Waals surface area (Å²) in [6, 6.07) is 5.85. The minimum Gasteiger partial charge on any atom is -0.342 e. The van der Waals surface area contributed by atoms with Crippen molar-refractivity contribution in [1.29, 1.82) is 0 Å². The fraction of sp³-hybridized carbons (Fsp3) is 0.467. The summed E-state index contributed by atoms with van der Waals surface area (Å²) in [5, 5.41) is 1.47. The molecule has 0 radical (unpaired) electrons. The summed E-state index contributed by atoms with van der Waals surface area (Å²) in [4.78, 5) is 24.9. The zero-order valence-electron chi connectivity index (χ0n) is 12.7. The van der Waals surface area contributed by atoms with Crippen molar-refractivity contribution in [2.75, 3.05) is 18.4 Å². The molecule has 1 heterocycles. The first-order valence-corrected chi connectivity index (χ1v) is 8.77. The Kier molecular flexibility index (Phi) is 4.85. The lowest BCUT2D eigenvalue weighted by molar-refractivity contribution is -0.129. The van der Waals surface area contributed by atoms with Crippen LogP contribution in [-0.2, 0) is 19.4 Å². The van der Waals surface area contributed by atoms with Crippen LogP contribution in [0.4, 0.5) is 5.69 Å². The number of likely N-dealkylation sites (tertiary alicyclic amines) is 1. The number of hydrogen-bond donors (Lipinski definition) is 1. The predicted molar refractivity (Wildman–Crippen MR) is 83.2 cm³/mol. The molecule has 0 spiro atoms. The van der Waals surface area contributed by atoms with E-state index in [-0.39, 0.29) is 16.7 Å². The number of sulfone groups is 1. The zero-order valence-corrected chi connectivity index (χ0v) is 13.5. The maximum Gasteiger partial charge on any atom is 0.241 e. The number of nitrogens with one attached hydrogen (secondary N) is 1. The lowest BCUT2D eigenvalue weighted by Crippen LogP contribution is -2.39. The average molecular weight is 324 g/mol. The molecule has 0 unspecified atom stereocenters. The van der Waals surface area contributed by atoms with Crippen LogP contribution in [0.25, 0.3) is 0 Å². The van der Waals surface area contributed by atoms with E-state index in [1.54, 1.807) is 4.90 Å². The van der Waals surface area contributed by atoms with Gasteiger partial charge in [-0.2, -0.15) is 0 Å². The van der Waals surface area contributed by atoms with Crippen LogP contribution in [0.5, 0.6) is 0 Å². The molecule has 0 aliphatic carbocycles. The van der Waals surface area contributed by atoms with Crippen LogP contribution in [0.3, 0.4) is 0 Å². The van der Waals surface area contributed by atoms with E-state index >= 15 is 0 Å². The van der Waals surface area contributed by atoms with Crippen LogP contribution in [0.1, 0.15) is 26.7 Å². The number of rotatable bonds is 4. The van der Waals surface area contributed by atoms with E-state index in [1.807, 2.05) is 0 Å². The molecule has 1 atom stereocenters. The van der Waals surface area contributed by atoms with Crippen LogP contribution in [0.15, 0.2) is 29.2 Å². The topological polar surface area (TPSA) is 83.5 Å². The molecular formula is C15H20N2O4S. The summed E-state index contributed by atoms with van der Waals surface area (Å²) >= 11 is 0. The van der Waals surface area contributed by atoms with Gasteiger partial charge in [-0.15, -0.1) is 0 Å². The Morgan fingerprint density at radius 3 is 2.18 bits per heavy atom. The molecule has 2 amide bonds. The van der Waals surface area contributed by atoms with E-state index in [0.29, 0.717) is 18.8 Å². The van der Waals surface area contributed by atoms with E-state index < -0.39 is 15.1 Å². The van der Waals surface area contributed by atoms with Crippen LogP contribution in [0, 0.1) is 0 Å². The summed E-state index contributed by atoms with van der Waals surface area (Å²) < 4.78 is 25.1. The standard InChI is InChI=1S/C15H20N2O4S/c1-11(15(19)17-9-3-4-10-17)22(20,21)14-7-5-13(6-8-14)16-12(2)18/h5-8,11H,3-4,9-10H2,1-2H3,(H,16,18)/t11-/m1/s1. The Bertz CT molecular complexity index is 661. The molecule has 0 aromatic heterocycles. The van der Waals surface area contributed by atoms with Gasteiger partial charge in [0.1, 0.15) is 5.25 Å². The van der Waals surface area contributed by atoms with Crippen molar-refractivity contribution in [3.63, 3.8) is 0 Å². The second-order valence-electron chi connectivity index (χ2n) is 5.43. The van der Waals surface area contributed by atoms with E-state index in [2.05, 4.69) is 5.32 Å². The molecule has 1 aliphatic rings. The maximum absolute atomic E-state index is 12.5. The largest absolute Gasteiger partial charge is 0.342 e. The summed E-state index contributed by atoms with van der Waals surface area (Å²) in [7, 11) is -3.72. The lowest BCUT2D eigenvalue weighted by atomic mass is 10.3. The van der Waals surface area contributed by atoms with Gasteiger partial charge in [0.15, 0.2) is 9.84 Å². The molecule has 1 aromatic rings. The average Bonchev–Trinajstić information content (AvgIpc) is 2.99. The number of carbonyl (C=O) groups is 2. The highest BCUT2D eigenvalue weighted by atomic mass is 32.2. The highest BCUT2D eigenvalue weighted by Gasteiger charge is 2.33. The van der Waals surface area contributed by atoms with E-state index in [1.165, 1.54) is 38.1 Å². The summed E-state index contributed by atoms with van der Waals surface area (Å²) in [6.45, 7) is 4.06. The molecule has 1 saturated heterocycles. The Morgan fingerprint density at radius 2 is 1.68 bits per heavy atom. The lowest BCUT2D eigenvalue weighted by Gasteiger charge is -2.20. The van der Waals surface area contributed by atoms with Gasteiger partial charge >= 0.3 is 0 Å². The highest BCUT2D eigenvalue weighted by Crippen LogP contribution is 2.21. The van der Waals surface area contributed by atoms with Crippen molar-refractivity contribution in [1.82, 2.24) is 4.90 Å². The summed E-state index contributed by atoms with van der Waals surface area (Å²) in [5.41, 5.74) is 0.518. The van der Waals surface area contributed by atoms with Crippen LogP contribution in [0.2, 0.25) is 0 Å². The summed E-state index contributed by atoms with van der Waals surface area (Å²) in [6.07, 6.45) is 1.84. The molecule has 1 aliphatic heterocycles. The number of hydrogen-bond acceptors (Lipinski definition) is 4. The van der Waals surface area contributed by atoms with Crippen molar-refractivity contribution in [2.45, 2.75) is 36.8 Å². The third-order valence-electron chi connectivity index (χ3n) is 3.73. The first-order valence-electron chi connectivity index (χ1n) is 7.22. The minimum atomic E-state index is -3.72. The smallest absolute Gasteiger partial charge is 0.241 e. The molecule has 1 N–H and O–H groups in total. The quantitative estimate of drug-likeness (QED) is 0.908. The molecule has 0 saturated carbocycles. The van der Waals surface area contributed by atoms with Crippen molar-refractivity contribution in [3.05, 3.63) is 24.3 Å². The Morgan fingerprint density at radius 1 is 1.14 bits per heavy atom. The maximum atomic E-state index is 12.5. The van der Waals surface area contributed by atoms with Gasteiger partial charge in [-0.1, -0.05) is 0 Å². The molecule has 7 heteroatoms. The molecular weight excluding hydrogens is 304 g/mol. The normalized spacial score (nSPS) is 16.4. The molecule has 6 nitrogen and oxygen atoms in total. The Hall–Kier alpha value is -1.89. The fourth-order valence-electron chi connectivity index (χ4n) is 2.46. The number of anilines is 1. The zero-order chi connectivity index (χ0) is 16.3. The van der Waals surface area contributed by atoms with Gasteiger partial charge < -0.3 is 10.2 Å². The monoisotopic (exact) mass is 324 g/mol. The number of benzene rings is 1. The van der Waals surface area contributed by atoms with Crippen molar-refractivity contribution < 1.29 is 18.0 Å². The molecule has 1 fully saturated rings. The minimum absolute atomic E-state index is 0.0849. The van der Waals surface area contributed by atoms with E-state index in [0.717, 1.165) is 12.8 Å². The first kappa shape index (κ1) is 16.5. The van der Waals surface area contributed by atoms with Crippen molar-refractivity contribution >= 4 is 27.3 Å². The first-order chi connectivity index (χ1) is 10.3. The van der Waals surface area contributed by atoms with Gasteiger partial charge in [-0.3, -0.25) is 9.59 Å². The van der Waals surface area contributed by atoms with Crippen molar-refractivity contribution in [3.8, 4) is 0 Å². The van der Waals surface area contributed by atoms with E-state index in [9.17, 15) is 18.0 Å². The third kappa shape index (κ3) is 3.47. The molecule has 1 aromatic carbocycles. The SMILES string of the molecule is CC(=O)Nc1ccc(S(=O)(=O)[C@H](C)C(=O)N2CCCC2)cc1. The molecule has 0 bridgehead atoms. The van der Waals surface area contributed by atoms with Gasteiger partial charge in [-0.05, 0) is 44.0 Å². The van der Waals surface area contributed by atoms with Gasteiger partial charge in [0, 0.05) is 25.7 Å². The van der Waals surface area contributed by atoms with E-state index in [4.69, 9.17) is 0 Å². The highest BCUT2D eigenvalue weighted by molar-refractivity contribution is 7.92. The van der Waals surface area contributed by atoms with Gasteiger partial charge in [0.2, 0.25) is 11.8 Å². The fourth-order valence-corrected chi connectivity index (χ4v) is 3.80. The Balaban J connectivity index is 2.18. The van der Waals surface area contributed by atoms with Crippen LogP contribution >= 0.6 is 0 Å². The number of nitrogens with zero attached hydrogens (tertiary/aromatic N) is 1. The third-order valence-corrected chi connectivity index (χ3v) is 5.80. The predicted octanol–water partition coefficient (Wildman–Crippen LogP) is 1.43. The number of amides is 2. The second-order valence-corrected chi connectivity index (χ2v) is 7.69. The van der Waals surface area contributed by atoms with Crippen LogP contribution in [-0.4, -0.2) is 43.5 Å². The molecule has 120 valence electrons. The van der Waals surface area contributed by atoms with Crippen LogP contribution < -0.4 is 5.32 Å². The van der Waals surface area contributed by atoms with Gasteiger partial charge in [-0.25, -0.2) is 8.42 Å². The molecule has 22 heavy (non-hydrogen) atoms. The second kappa shape index (κ2) is 6.48. The number of carbonyl (C=O) groups excluding carboxylic acids is 2. The molecule has 2 rings (SSSR count). The van der Waals surface area contributed by atoms with Crippen molar-refractivity contribution in [2.24, 2.45) is 0 Å². The Labute approximate surface area is 130 Å². The van der Waals surface area contributed by atoms with Gasteiger partial charge in [0.05, 0.1) is 4.90 Å².